The number of rotatable bonds is 3. The summed E-state index contributed by atoms with van der Waals surface area (Å²) in [6.45, 7) is 4.35. The number of methoxy groups -OCH3 is 2. The summed E-state index contributed by atoms with van der Waals surface area (Å²) in [6, 6.07) is 3.57. The Morgan fingerprint density at radius 3 is 2.32 bits per heavy atom. The number of morpholine rings is 1. The van der Waals surface area contributed by atoms with Crippen molar-refractivity contribution in [3.63, 3.8) is 0 Å². The minimum Gasteiger partial charge on any atom is -0.493 e. The predicted molar refractivity (Wildman–Crippen MR) is 71.0 cm³/mol. The maximum Gasteiger partial charge on any atom is 0.254 e. The summed E-state index contributed by atoms with van der Waals surface area (Å²) in [5, 5.41) is 0. The van der Waals surface area contributed by atoms with E-state index in [0.717, 1.165) is 5.56 Å². The lowest BCUT2D eigenvalue weighted by Gasteiger charge is -2.27. The van der Waals surface area contributed by atoms with Crippen molar-refractivity contribution in [2.75, 3.05) is 40.5 Å². The molecule has 0 aromatic heterocycles. The van der Waals surface area contributed by atoms with Crippen molar-refractivity contribution in [1.29, 1.82) is 0 Å². The van der Waals surface area contributed by atoms with Gasteiger partial charge in [-0.3, -0.25) is 4.79 Å². The maximum atomic E-state index is 12.5. The minimum absolute atomic E-state index is 0.0155. The Morgan fingerprint density at radius 2 is 1.74 bits per heavy atom. The number of hydrogen-bond acceptors (Lipinski definition) is 4. The van der Waals surface area contributed by atoms with Gasteiger partial charge in [0.1, 0.15) is 0 Å². The van der Waals surface area contributed by atoms with E-state index in [-0.39, 0.29) is 5.91 Å². The van der Waals surface area contributed by atoms with E-state index in [1.165, 1.54) is 0 Å². The molecule has 0 N–H and O–H groups in total. The maximum absolute atomic E-state index is 12.5. The molecule has 5 heteroatoms. The molecule has 1 aromatic rings. The molecule has 19 heavy (non-hydrogen) atoms. The first-order valence-electron chi connectivity index (χ1n) is 6.27. The fourth-order valence-corrected chi connectivity index (χ4v) is 2.15. The second kappa shape index (κ2) is 5.93. The third kappa shape index (κ3) is 2.81. The molecule has 5 nitrogen and oxygen atoms in total. The molecule has 0 spiro atoms. The van der Waals surface area contributed by atoms with E-state index in [2.05, 4.69) is 0 Å². The molecule has 1 aliphatic rings. The van der Waals surface area contributed by atoms with Crippen LogP contribution in [-0.4, -0.2) is 51.3 Å². The molecule has 1 saturated heterocycles. The molecule has 1 heterocycles. The number of nitrogens with zero attached hydrogens (tertiary/aromatic N) is 1. The minimum atomic E-state index is 0.0155. The quantitative estimate of drug-likeness (QED) is 0.830. The van der Waals surface area contributed by atoms with Crippen molar-refractivity contribution in [3.05, 3.63) is 23.3 Å². The molecule has 2 rings (SSSR count). The van der Waals surface area contributed by atoms with Crippen LogP contribution < -0.4 is 9.47 Å². The van der Waals surface area contributed by atoms with Gasteiger partial charge in [0.2, 0.25) is 0 Å². The van der Waals surface area contributed by atoms with Crippen LogP contribution in [0.3, 0.4) is 0 Å². The average molecular weight is 265 g/mol. The Morgan fingerprint density at radius 1 is 1.16 bits per heavy atom. The molecular weight excluding hydrogens is 246 g/mol. The normalized spacial score (nSPS) is 15.2. The van der Waals surface area contributed by atoms with E-state index in [1.54, 1.807) is 25.2 Å². The van der Waals surface area contributed by atoms with Gasteiger partial charge in [0.05, 0.1) is 27.4 Å². The number of amides is 1. The van der Waals surface area contributed by atoms with Crippen molar-refractivity contribution in [3.8, 4) is 11.5 Å². The summed E-state index contributed by atoms with van der Waals surface area (Å²) in [7, 11) is 3.15. The van der Waals surface area contributed by atoms with Gasteiger partial charge in [-0.25, -0.2) is 0 Å². The van der Waals surface area contributed by atoms with E-state index < -0.39 is 0 Å². The lowest BCUT2D eigenvalue weighted by molar-refractivity contribution is 0.0302. The van der Waals surface area contributed by atoms with Gasteiger partial charge in [0.15, 0.2) is 11.5 Å². The summed E-state index contributed by atoms with van der Waals surface area (Å²) in [5.74, 6) is 1.23. The molecule has 0 atom stereocenters. The van der Waals surface area contributed by atoms with Crippen molar-refractivity contribution in [2.24, 2.45) is 0 Å². The van der Waals surface area contributed by atoms with E-state index >= 15 is 0 Å². The monoisotopic (exact) mass is 265 g/mol. The van der Waals surface area contributed by atoms with Crippen LogP contribution >= 0.6 is 0 Å². The Labute approximate surface area is 113 Å². The van der Waals surface area contributed by atoms with Gasteiger partial charge >= 0.3 is 0 Å². The Balaban J connectivity index is 2.30. The van der Waals surface area contributed by atoms with E-state index in [1.807, 2.05) is 13.0 Å². The summed E-state index contributed by atoms with van der Waals surface area (Å²) in [6.07, 6.45) is 0. The molecular formula is C14H19NO4. The molecule has 1 aromatic carbocycles. The van der Waals surface area contributed by atoms with Gasteiger partial charge in [0.25, 0.3) is 5.91 Å². The number of carbonyl (C=O) groups is 1. The molecule has 0 unspecified atom stereocenters. The van der Waals surface area contributed by atoms with Crippen molar-refractivity contribution in [1.82, 2.24) is 4.90 Å². The SMILES string of the molecule is COc1cc(C)c(C(=O)N2CCOCC2)cc1OC. The van der Waals surface area contributed by atoms with Crippen LogP contribution in [0.2, 0.25) is 0 Å². The molecule has 0 saturated carbocycles. The largest absolute Gasteiger partial charge is 0.493 e. The second-order valence-corrected chi connectivity index (χ2v) is 4.43. The first-order valence-corrected chi connectivity index (χ1v) is 6.27. The first-order chi connectivity index (χ1) is 9.17. The van der Waals surface area contributed by atoms with Crippen molar-refractivity contribution in [2.45, 2.75) is 6.92 Å². The van der Waals surface area contributed by atoms with Gasteiger partial charge in [-0.2, -0.15) is 0 Å². The predicted octanol–water partition coefficient (Wildman–Crippen LogP) is 1.48. The molecule has 1 aliphatic heterocycles. The van der Waals surface area contributed by atoms with Gasteiger partial charge < -0.3 is 19.1 Å². The highest BCUT2D eigenvalue weighted by atomic mass is 16.5. The van der Waals surface area contributed by atoms with Crippen LogP contribution in [-0.2, 0) is 4.74 Å². The third-order valence-corrected chi connectivity index (χ3v) is 3.26. The number of ether oxygens (including phenoxy) is 3. The van der Waals surface area contributed by atoms with Crippen LogP contribution in [0.25, 0.3) is 0 Å². The Hall–Kier alpha value is -1.75. The second-order valence-electron chi connectivity index (χ2n) is 4.43. The van der Waals surface area contributed by atoms with Crippen LogP contribution in [0, 0.1) is 6.92 Å². The molecule has 104 valence electrons. The van der Waals surface area contributed by atoms with Gasteiger partial charge in [-0.05, 0) is 24.6 Å². The Bertz CT molecular complexity index is 467. The molecule has 0 bridgehead atoms. The number of carbonyl (C=O) groups excluding carboxylic acids is 1. The van der Waals surface area contributed by atoms with Gasteiger partial charge in [-0.15, -0.1) is 0 Å². The van der Waals surface area contributed by atoms with E-state index in [0.29, 0.717) is 43.4 Å². The summed E-state index contributed by atoms with van der Waals surface area (Å²) in [5.41, 5.74) is 1.54. The highest BCUT2D eigenvalue weighted by Crippen LogP contribution is 2.30. The van der Waals surface area contributed by atoms with E-state index in [4.69, 9.17) is 14.2 Å². The van der Waals surface area contributed by atoms with E-state index in [9.17, 15) is 4.79 Å². The topological polar surface area (TPSA) is 48.0 Å². The lowest BCUT2D eigenvalue weighted by Crippen LogP contribution is -2.40. The van der Waals surface area contributed by atoms with Crippen LogP contribution in [0.1, 0.15) is 15.9 Å². The molecule has 0 radical (unpaired) electrons. The molecule has 1 fully saturated rings. The number of hydrogen-bond donors (Lipinski definition) is 0. The number of benzene rings is 1. The summed E-state index contributed by atoms with van der Waals surface area (Å²) >= 11 is 0. The Kier molecular flexibility index (Phi) is 4.27. The fourth-order valence-electron chi connectivity index (χ4n) is 2.15. The third-order valence-electron chi connectivity index (χ3n) is 3.26. The first kappa shape index (κ1) is 13.7. The lowest BCUT2D eigenvalue weighted by atomic mass is 10.1. The van der Waals surface area contributed by atoms with Crippen LogP contribution in [0.4, 0.5) is 0 Å². The zero-order valence-electron chi connectivity index (χ0n) is 11.6. The van der Waals surface area contributed by atoms with Crippen molar-refractivity contribution < 1.29 is 19.0 Å². The highest BCUT2D eigenvalue weighted by Gasteiger charge is 2.21. The fraction of sp³-hybridized carbons (Fsp3) is 0.500. The van der Waals surface area contributed by atoms with Crippen LogP contribution in [0.15, 0.2) is 12.1 Å². The highest BCUT2D eigenvalue weighted by molar-refractivity contribution is 5.96. The van der Waals surface area contributed by atoms with Gasteiger partial charge in [0, 0.05) is 18.7 Å². The average Bonchev–Trinajstić information content (AvgIpc) is 2.47. The standard InChI is InChI=1S/C14H19NO4/c1-10-8-12(17-2)13(18-3)9-11(10)14(16)15-4-6-19-7-5-15/h8-9H,4-7H2,1-3H3. The summed E-state index contributed by atoms with van der Waals surface area (Å²) < 4.78 is 15.7. The molecule has 1 amide bonds. The zero-order valence-corrected chi connectivity index (χ0v) is 11.6. The summed E-state index contributed by atoms with van der Waals surface area (Å²) in [4.78, 5) is 14.3. The van der Waals surface area contributed by atoms with Crippen molar-refractivity contribution >= 4 is 5.91 Å². The smallest absolute Gasteiger partial charge is 0.254 e. The number of aryl methyl sites for hydroxylation is 1. The zero-order chi connectivity index (χ0) is 13.8. The van der Waals surface area contributed by atoms with Gasteiger partial charge in [-0.1, -0.05) is 0 Å². The van der Waals surface area contributed by atoms with Crippen LogP contribution in [0.5, 0.6) is 11.5 Å². The molecule has 0 aliphatic carbocycles.